The number of aryl methyl sites for hydroxylation is 1. The van der Waals surface area contributed by atoms with Gasteiger partial charge in [-0.25, -0.2) is 0 Å². The number of para-hydroxylation sites is 1. The topological polar surface area (TPSA) is 29.9 Å². The highest BCUT2D eigenvalue weighted by Gasteiger charge is 2.15. The maximum Gasteiger partial charge on any atom is 0.178 e. The Morgan fingerprint density at radius 3 is 2.89 bits per heavy atom. The summed E-state index contributed by atoms with van der Waals surface area (Å²) in [7, 11) is 1.74. The highest BCUT2D eigenvalue weighted by Crippen LogP contribution is 2.24. The first-order chi connectivity index (χ1) is 8.69. The Morgan fingerprint density at radius 1 is 1.44 bits per heavy atom. The van der Waals surface area contributed by atoms with Gasteiger partial charge in [0.05, 0.1) is 23.7 Å². The van der Waals surface area contributed by atoms with E-state index >= 15 is 0 Å². The van der Waals surface area contributed by atoms with Gasteiger partial charge in [-0.1, -0.05) is 25.5 Å². The number of hydrogen-bond donors (Lipinski definition) is 1. The predicted molar refractivity (Wildman–Crippen MR) is 77.7 cm³/mol. The first-order valence-corrected chi connectivity index (χ1v) is 6.78. The van der Waals surface area contributed by atoms with Crippen molar-refractivity contribution in [3.8, 4) is 0 Å². The summed E-state index contributed by atoms with van der Waals surface area (Å²) in [6.07, 6.45) is 2.19. The maximum atomic E-state index is 5.47. The predicted octanol–water partition coefficient (Wildman–Crippen LogP) is 3.99. The number of H-pyrrole nitrogens is 1. The number of methoxy groups -OCH3 is 1. The van der Waals surface area contributed by atoms with Crippen molar-refractivity contribution in [1.29, 1.82) is 0 Å². The molecule has 1 heterocycles. The van der Waals surface area contributed by atoms with Crippen LogP contribution in [0.15, 0.2) is 18.2 Å². The molecular formula is C14H20N2OS. The molecule has 2 rings (SSSR count). The Kier molecular flexibility index (Phi) is 4.19. The molecule has 0 radical (unpaired) electrons. The van der Waals surface area contributed by atoms with Gasteiger partial charge in [0.25, 0.3) is 0 Å². The van der Waals surface area contributed by atoms with E-state index in [1.165, 1.54) is 11.1 Å². The molecule has 98 valence electrons. The van der Waals surface area contributed by atoms with E-state index in [1.54, 1.807) is 7.11 Å². The first-order valence-electron chi connectivity index (χ1n) is 6.37. The number of aromatic nitrogens is 2. The molecule has 0 bridgehead atoms. The van der Waals surface area contributed by atoms with Crippen molar-refractivity contribution < 1.29 is 4.74 Å². The third kappa shape index (κ3) is 2.35. The molecule has 0 spiro atoms. The van der Waals surface area contributed by atoms with Gasteiger partial charge >= 0.3 is 0 Å². The number of aromatic amines is 1. The summed E-state index contributed by atoms with van der Waals surface area (Å²) in [5.74, 6) is 0. The summed E-state index contributed by atoms with van der Waals surface area (Å²) in [5, 5.41) is 0. The monoisotopic (exact) mass is 264 g/mol. The standard InChI is InChI=1S/C14H20N2OS/c1-4-6-11(9-17-3)16-12-8-5-7-10(2)13(12)15-14(16)18/h5,7-8,11H,4,6,9H2,1-3H3,(H,15,18). The van der Waals surface area contributed by atoms with Crippen molar-refractivity contribution in [1.82, 2.24) is 9.55 Å². The van der Waals surface area contributed by atoms with E-state index in [2.05, 4.69) is 41.6 Å². The average molecular weight is 264 g/mol. The third-order valence-corrected chi connectivity index (χ3v) is 3.61. The van der Waals surface area contributed by atoms with E-state index in [0.29, 0.717) is 12.6 Å². The SMILES string of the molecule is CCCC(COC)n1c(=S)[nH]c2c(C)cccc21. The minimum Gasteiger partial charge on any atom is -0.383 e. The van der Waals surface area contributed by atoms with Gasteiger partial charge in [-0.15, -0.1) is 0 Å². The fraction of sp³-hybridized carbons (Fsp3) is 0.500. The second-order valence-corrected chi connectivity index (χ2v) is 5.05. The van der Waals surface area contributed by atoms with Crippen LogP contribution >= 0.6 is 12.2 Å². The maximum absolute atomic E-state index is 5.47. The number of nitrogens with one attached hydrogen (secondary N) is 1. The second-order valence-electron chi connectivity index (χ2n) is 4.67. The zero-order valence-electron chi connectivity index (χ0n) is 11.2. The molecule has 0 aliphatic rings. The van der Waals surface area contributed by atoms with Crippen molar-refractivity contribution >= 4 is 23.3 Å². The zero-order valence-corrected chi connectivity index (χ0v) is 12.0. The van der Waals surface area contributed by atoms with E-state index in [9.17, 15) is 0 Å². The van der Waals surface area contributed by atoms with Gasteiger partial charge in [0.2, 0.25) is 0 Å². The molecule has 1 aromatic carbocycles. The molecule has 1 aromatic heterocycles. The van der Waals surface area contributed by atoms with Crippen LogP contribution in [-0.4, -0.2) is 23.3 Å². The molecule has 1 atom stereocenters. The number of fused-ring (bicyclic) bond motifs is 1. The van der Waals surface area contributed by atoms with Gasteiger partial charge in [0.1, 0.15) is 0 Å². The molecule has 4 heteroatoms. The molecule has 18 heavy (non-hydrogen) atoms. The van der Waals surface area contributed by atoms with Crippen LogP contribution < -0.4 is 0 Å². The Labute approximate surface area is 113 Å². The number of hydrogen-bond acceptors (Lipinski definition) is 2. The summed E-state index contributed by atoms with van der Waals surface area (Å²) in [6.45, 7) is 4.98. The number of rotatable bonds is 5. The van der Waals surface area contributed by atoms with Gasteiger partial charge in [-0.05, 0) is 37.2 Å². The molecule has 0 aliphatic carbocycles. The third-order valence-electron chi connectivity index (χ3n) is 3.31. The summed E-state index contributed by atoms with van der Waals surface area (Å²) < 4.78 is 8.32. The largest absolute Gasteiger partial charge is 0.383 e. The van der Waals surface area contributed by atoms with Crippen molar-refractivity contribution in [2.24, 2.45) is 0 Å². The summed E-state index contributed by atoms with van der Waals surface area (Å²) in [6, 6.07) is 6.60. The van der Waals surface area contributed by atoms with Crippen LogP contribution in [0.25, 0.3) is 11.0 Å². The van der Waals surface area contributed by atoms with Crippen LogP contribution in [0.2, 0.25) is 0 Å². The molecule has 0 fully saturated rings. The van der Waals surface area contributed by atoms with E-state index < -0.39 is 0 Å². The van der Waals surface area contributed by atoms with Crippen molar-refractivity contribution in [2.75, 3.05) is 13.7 Å². The molecule has 0 saturated carbocycles. The van der Waals surface area contributed by atoms with Crippen LogP contribution in [0.4, 0.5) is 0 Å². The molecule has 1 N–H and O–H groups in total. The molecule has 3 nitrogen and oxygen atoms in total. The van der Waals surface area contributed by atoms with Gasteiger partial charge in [-0.3, -0.25) is 0 Å². The lowest BCUT2D eigenvalue weighted by molar-refractivity contribution is 0.151. The van der Waals surface area contributed by atoms with E-state index in [0.717, 1.165) is 23.1 Å². The summed E-state index contributed by atoms with van der Waals surface area (Å²) >= 11 is 5.47. The number of ether oxygens (including phenoxy) is 1. The number of imidazole rings is 1. The molecule has 0 aliphatic heterocycles. The van der Waals surface area contributed by atoms with Gasteiger partial charge in [0, 0.05) is 7.11 Å². The minimum absolute atomic E-state index is 0.308. The summed E-state index contributed by atoms with van der Waals surface area (Å²) in [4.78, 5) is 3.31. The van der Waals surface area contributed by atoms with Crippen LogP contribution in [-0.2, 0) is 4.74 Å². The van der Waals surface area contributed by atoms with E-state index in [4.69, 9.17) is 17.0 Å². The second kappa shape index (κ2) is 5.67. The van der Waals surface area contributed by atoms with Gasteiger partial charge in [0.15, 0.2) is 4.77 Å². The normalized spacial score (nSPS) is 13.1. The summed E-state index contributed by atoms with van der Waals surface area (Å²) in [5.41, 5.74) is 3.54. The Bertz CT molecular complexity index is 579. The Balaban J connectivity index is 2.58. The number of benzene rings is 1. The van der Waals surface area contributed by atoms with Crippen molar-refractivity contribution in [2.45, 2.75) is 32.7 Å². The average Bonchev–Trinajstić information content (AvgIpc) is 2.67. The zero-order chi connectivity index (χ0) is 13.1. The van der Waals surface area contributed by atoms with Crippen LogP contribution in [0.1, 0.15) is 31.4 Å². The van der Waals surface area contributed by atoms with E-state index in [-0.39, 0.29) is 0 Å². The van der Waals surface area contributed by atoms with Gasteiger partial charge in [-0.2, -0.15) is 0 Å². The Morgan fingerprint density at radius 2 is 2.22 bits per heavy atom. The molecule has 2 aromatic rings. The lowest BCUT2D eigenvalue weighted by Gasteiger charge is -2.18. The van der Waals surface area contributed by atoms with Crippen molar-refractivity contribution in [3.05, 3.63) is 28.5 Å². The van der Waals surface area contributed by atoms with Crippen LogP contribution in [0.5, 0.6) is 0 Å². The van der Waals surface area contributed by atoms with Crippen LogP contribution in [0.3, 0.4) is 0 Å². The molecule has 0 amide bonds. The highest BCUT2D eigenvalue weighted by molar-refractivity contribution is 7.71. The lowest BCUT2D eigenvalue weighted by atomic mass is 10.1. The molecule has 1 unspecified atom stereocenters. The van der Waals surface area contributed by atoms with Crippen LogP contribution in [0, 0.1) is 11.7 Å². The lowest BCUT2D eigenvalue weighted by Crippen LogP contribution is -2.14. The fourth-order valence-corrected chi connectivity index (χ4v) is 2.82. The van der Waals surface area contributed by atoms with Gasteiger partial charge < -0.3 is 14.3 Å². The molecule has 0 saturated heterocycles. The molecular weight excluding hydrogens is 244 g/mol. The quantitative estimate of drug-likeness (QED) is 0.827. The van der Waals surface area contributed by atoms with Crippen molar-refractivity contribution in [3.63, 3.8) is 0 Å². The van der Waals surface area contributed by atoms with E-state index in [1.807, 2.05) is 0 Å². The minimum atomic E-state index is 0.308. The highest BCUT2D eigenvalue weighted by atomic mass is 32.1. The first kappa shape index (κ1) is 13.3. The smallest absolute Gasteiger partial charge is 0.178 e. The number of nitrogens with zero attached hydrogens (tertiary/aromatic N) is 1. The fourth-order valence-electron chi connectivity index (χ4n) is 2.47. The Hall–Kier alpha value is -1.13.